The van der Waals surface area contributed by atoms with Crippen molar-refractivity contribution >= 4 is 16.9 Å². The zero-order valence-electron chi connectivity index (χ0n) is 19.7. The number of nitrogens with one attached hydrogen (secondary N) is 1. The molecule has 5 heteroatoms. The lowest BCUT2D eigenvalue weighted by molar-refractivity contribution is -0.117. The Morgan fingerprint density at radius 3 is 2.70 bits per heavy atom. The fourth-order valence-corrected chi connectivity index (χ4v) is 3.88. The van der Waals surface area contributed by atoms with E-state index in [0.717, 1.165) is 62.2 Å². The molecule has 0 saturated carbocycles. The number of rotatable bonds is 14. The molecule has 0 aliphatic heterocycles. The summed E-state index contributed by atoms with van der Waals surface area (Å²) in [7, 11) is 0. The second-order valence-corrected chi connectivity index (χ2v) is 8.32. The third kappa shape index (κ3) is 7.07. The van der Waals surface area contributed by atoms with Crippen LogP contribution in [0.15, 0.2) is 73.3 Å². The number of hydrogen-bond donors (Lipinski definition) is 1. The van der Waals surface area contributed by atoms with Crippen molar-refractivity contribution in [3.05, 3.63) is 84.7 Å². The van der Waals surface area contributed by atoms with Gasteiger partial charge in [-0.15, -0.1) is 6.58 Å². The summed E-state index contributed by atoms with van der Waals surface area (Å²) in [5.41, 5.74) is 3.93. The largest absolute Gasteiger partial charge is 0.493 e. The summed E-state index contributed by atoms with van der Waals surface area (Å²) in [6.45, 7) is 11.4. The van der Waals surface area contributed by atoms with E-state index in [2.05, 4.69) is 47.3 Å². The number of unbranched alkanes of at least 4 members (excludes halogenated alkanes) is 2. The molecule has 0 unspecified atom stereocenters. The highest BCUT2D eigenvalue weighted by Gasteiger charge is 2.10. The van der Waals surface area contributed by atoms with Gasteiger partial charge in [-0.2, -0.15) is 0 Å². The van der Waals surface area contributed by atoms with Crippen LogP contribution in [-0.2, 0) is 24.2 Å². The average Bonchev–Trinajstić information content (AvgIpc) is 3.17. The van der Waals surface area contributed by atoms with E-state index >= 15 is 0 Å². The van der Waals surface area contributed by atoms with E-state index in [-0.39, 0.29) is 5.91 Å². The maximum Gasteiger partial charge on any atom is 0.246 e. The number of nitrogens with zero attached hydrogens (tertiary/aromatic N) is 2. The monoisotopic (exact) mass is 445 g/mol. The lowest BCUT2D eigenvalue weighted by atomic mass is 10.1. The van der Waals surface area contributed by atoms with Gasteiger partial charge in [0.1, 0.15) is 11.6 Å². The predicted octanol–water partition coefficient (Wildman–Crippen LogP) is 5.64. The number of allylic oxidation sites excluding steroid dienone is 1. The fraction of sp³-hybridized carbons (Fsp3) is 0.357. The Balaban J connectivity index is 1.53. The Morgan fingerprint density at radius 2 is 1.88 bits per heavy atom. The van der Waals surface area contributed by atoms with Crippen LogP contribution in [0.25, 0.3) is 11.0 Å². The summed E-state index contributed by atoms with van der Waals surface area (Å²) in [5, 5.41) is 2.89. The Morgan fingerprint density at radius 1 is 1.09 bits per heavy atom. The van der Waals surface area contributed by atoms with Gasteiger partial charge in [-0.05, 0) is 56.4 Å². The molecule has 3 aromatic rings. The molecular formula is C28H35N3O2. The van der Waals surface area contributed by atoms with E-state index in [0.29, 0.717) is 18.7 Å². The number of imidazole rings is 1. The topological polar surface area (TPSA) is 56.1 Å². The van der Waals surface area contributed by atoms with E-state index in [1.807, 2.05) is 30.3 Å². The smallest absolute Gasteiger partial charge is 0.246 e. The SMILES string of the molecule is C=CCc1ccccc1OCCCn1c(CCCCCNC(=O)C(=C)C)nc2ccccc21. The first-order valence-corrected chi connectivity index (χ1v) is 11.8. The van der Waals surface area contributed by atoms with Gasteiger partial charge in [0, 0.05) is 25.1 Å². The molecule has 1 amide bonds. The van der Waals surface area contributed by atoms with E-state index in [4.69, 9.17) is 9.72 Å². The van der Waals surface area contributed by atoms with Gasteiger partial charge in [-0.1, -0.05) is 49.4 Å². The molecule has 0 saturated heterocycles. The molecule has 174 valence electrons. The second kappa shape index (κ2) is 12.6. The third-order valence-corrected chi connectivity index (χ3v) is 5.60. The van der Waals surface area contributed by atoms with Crippen molar-refractivity contribution in [3.8, 4) is 5.75 Å². The van der Waals surface area contributed by atoms with Gasteiger partial charge in [-0.25, -0.2) is 4.98 Å². The molecule has 1 N–H and O–H groups in total. The van der Waals surface area contributed by atoms with Gasteiger partial charge in [0.15, 0.2) is 0 Å². The summed E-state index contributed by atoms with van der Waals surface area (Å²) in [6.07, 6.45) is 7.58. The van der Waals surface area contributed by atoms with Crippen molar-refractivity contribution in [1.29, 1.82) is 0 Å². The molecule has 0 spiro atoms. The number of hydrogen-bond acceptors (Lipinski definition) is 3. The Hall–Kier alpha value is -3.34. The van der Waals surface area contributed by atoms with E-state index < -0.39 is 0 Å². The number of amides is 1. The Labute approximate surface area is 197 Å². The van der Waals surface area contributed by atoms with Crippen molar-refractivity contribution in [3.63, 3.8) is 0 Å². The molecule has 0 bridgehead atoms. The van der Waals surface area contributed by atoms with Crippen LogP contribution in [-0.4, -0.2) is 28.6 Å². The number of benzene rings is 2. The standard InChI is InChI=1S/C28H35N3O2/c1-4-13-23-14-7-10-17-26(23)33-21-12-20-31-25-16-9-8-15-24(25)30-27(31)18-6-5-11-19-29-28(32)22(2)3/h4,7-10,14-17H,1-2,5-6,11-13,18-21H2,3H3,(H,29,32). The van der Waals surface area contributed by atoms with Crippen LogP contribution in [0.4, 0.5) is 0 Å². The highest BCUT2D eigenvalue weighted by Crippen LogP contribution is 2.21. The normalized spacial score (nSPS) is 10.8. The highest BCUT2D eigenvalue weighted by molar-refractivity contribution is 5.92. The van der Waals surface area contributed by atoms with Crippen molar-refractivity contribution < 1.29 is 9.53 Å². The van der Waals surface area contributed by atoms with E-state index in [1.54, 1.807) is 6.92 Å². The minimum absolute atomic E-state index is 0.0638. The summed E-state index contributed by atoms with van der Waals surface area (Å²) < 4.78 is 8.41. The molecule has 33 heavy (non-hydrogen) atoms. The highest BCUT2D eigenvalue weighted by atomic mass is 16.5. The number of aromatic nitrogens is 2. The molecule has 1 aromatic heterocycles. The van der Waals surface area contributed by atoms with Crippen LogP contribution < -0.4 is 10.1 Å². The zero-order chi connectivity index (χ0) is 23.5. The first-order valence-electron chi connectivity index (χ1n) is 11.8. The molecule has 0 atom stereocenters. The second-order valence-electron chi connectivity index (χ2n) is 8.32. The van der Waals surface area contributed by atoms with Crippen molar-refractivity contribution in [2.24, 2.45) is 0 Å². The molecule has 0 fully saturated rings. The summed E-state index contributed by atoms with van der Waals surface area (Å²) >= 11 is 0. The van der Waals surface area contributed by atoms with E-state index in [1.165, 1.54) is 11.1 Å². The molecule has 5 nitrogen and oxygen atoms in total. The van der Waals surface area contributed by atoms with Crippen LogP contribution in [0.1, 0.15) is 44.0 Å². The fourth-order valence-electron chi connectivity index (χ4n) is 3.88. The quantitative estimate of drug-likeness (QED) is 0.198. The first-order chi connectivity index (χ1) is 16.1. The number of aryl methyl sites for hydroxylation is 2. The van der Waals surface area contributed by atoms with Gasteiger partial charge in [0.25, 0.3) is 0 Å². The molecule has 1 heterocycles. The van der Waals surface area contributed by atoms with Crippen LogP contribution in [0.2, 0.25) is 0 Å². The number of ether oxygens (including phenoxy) is 1. The molecule has 0 radical (unpaired) electrons. The number of para-hydroxylation sites is 3. The number of carbonyl (C=O) groups excluding carboxylic acids is 1. The molecule has 0 aliphatic rings. The van der Waals surface area contributed by atoms with Crippen LogP contribution in [0, 0.1) is 0 Å². The zero-order valence-corrected chi connectivity index (χ0v) is 19.7. The van der Waals surface area contributed by atoms with Crippen molar-refractivity contribution in [1.82, 2.24) is 14.9 Å². The molecule has 0 aliphatic carbocycles. The van der Waals surface area contributed by atoms with Gasteiger partial charge < -0.3 is 14.6 Å². The Kier molecular flexibility index (Phi) is 9.31. The molecule has 2 aromatic carbocycles. The molecular weight excluding hydrogens is 410 g/mol. The van der Waals surface area contributed by atoms with Crippen LogP contribution in [0.3, 0.4) is 0 Å². The van der Waals surface area contributed by atoms with Gasteiger partial charge in [0.2, 0.25) is 5.91 Å². The van der Waals surface area contributed by atoms with Crippen LogP contribution in [0.5, 0.6) is 5.75 Å². The Bertz CT molecular complexity index is 1080. The average molecular weight is 446 g/mol. The summed E-state index contributed by atoms with van der Waals surface area (Å²) in [6, 6.07) is 16.5. The maximum absolute atomic E-state index is 11.6. The van der Waals surface area contributed by atoms with Crippen LogP contribution >= 0.6 is 0 Å². The minimum Gasteiger partial charge on any atom is -0.493 e. The lowest BCUT2D eigenvalue weighted by Crippen LogP contribution is -2.24. The summed E-state index contributed by atoms with van der Waals surface area (Å²) in [5.74, 6) is 1.99. The number of carbonyl (C=O) groups is 1. The molecule has 3 rings (SSSR count). The minimum atomic E-state index is -0.0638. The first kappa shape index (κ1) is 24.3. The summed E-state index contributed by atoms with van der Waals surface area (Å²) in [4.78, 5) is 16.5. The number of fused-ring (bicyclic) bond motifs is 1. The maximum atomic E-state index is 11.6. The third-order valence-electron chi connectivity index (χ3n) is 5.60. The van der Waals surface area contributed by atoms with Gasteiger partial charge in [-0.3, -0.25) is 4.79 Å². The van der Waals surface area contributed by atoms with E-state index in [9.17, 15) is 4.79 Å². The van der Waals surface area contributed by atoms with Crippen molar-refractivity contribution in [2.45, 2.75) is 52.0 Å². The van der Waals surface area contributed by atoms with Gasteiger partial charge >= 0.3 is 0 Å². The lowest BCUT2D eigenvalue weighted by Gasteiger charge is -2.12. The van der Waals surface area contributed by atoms with Crippen molar-refractivity contribution in [2.75, 3.05) is 13.2 Å². The predicted molar refractivity (Wildman–Crippen MR) is 136 cm³/mol. The van der Waals surface area contributed by atoms with Gasteiger partial charge in [0.05, 0.1) is 17.6 Å².